The number of hydrogen-bond donors (Lipinski definition) is 3. The third kappa shape index (κ3) is 10.4. The Morgan fingerprint density at radius 3 is 2.04 bits per heavy atom. The maximum absolute atomic E-state index is 12.5. The maximum atomic E-state index is 12.5. The molecule has 0 saturated carbocycles. The molecule has 2 N–H and O–H groups in total. The summed E-state index contributed by atoms with van der Waals surface area (Å²) in [5, 5.41) is 12.1. The number of thiol groups is 1. The summed E-state index contributed by atoms with van der Waals surface area (Å²) in [4.78, 5) is 36.1. The molecule has 0 spiro atoms. The van der Waals surface area contributed by atoms with Crippen molar-refractivity contribution < 1.29 is 19.5 Å². The minimum Gasteiger partial charge on any atom is -0.481 e. The van der Waals surface area contributed by atoms with Gasteiger partial charge in [0.2, 0.25) is 5.91 Å². The summed E-state index contributed by atoms with van der Waals surface area (Å²) >= 11 is 4.08. The zero-order valence-corrected chi connectivity index (χ0v) is 19.5. The van der Waals surface area contributed by atoms with Crippen molar-refractivity contribution in [1.82, 2.24) is 5.32 Å². The van der Waals surface area contributed by atoms with E-state index in [2.05, 4.69) is 30.8 Å². The standard InChI is InChI=1S/C20H37NO4S2/c1-8-13(2)16(22)9-19(4,5)12-20(6,7)10-17(23)21-15(11-27-26)14(3)18(24)25/h13-15,26H,8-12H2,1-7H3,(H,21,23)(H,24,25). The normalized spacial score (nSPS) is 15.7. The SMILES string of the molecule is CCC(C)C(=O)CC(C)(C)CC(C)(C)CC(=O)NC(CSS)C(C)C(=O)O. The summed E-state index contributed by atoms with van der Waals surface area (Å²) in [6.07, 6.45) is 2.36. The van der Waals surface area contributed by atoms with Gasteiger partial charge in [-0.25, -0.2) is 0 Å². The van der Waals surface area contributed by atoms with Gasteiger partial charge in [0, 0.05) is 24.5 Å². The number of aliphatic carboxylic acids is 1. The summed E-state index contributed by atoms with van der Waals surface area (Å²) in [7, 11) is 1.22. The van der Waals surface area contributed by atoms with Gasteiger partial charge >= 0.3 is 5.97 Å². The van der Waals surface area contributed by atoms with E-state index in [1.165, 1.54) is 10.8 Å². The molecule has 0 aromatic carbocycles. The molecule has 0 rings (SSSR count). The molecule has 0 aliphatic rings. The second kappa shape index (κ2) is 11.3. The lowest BCUT2D eigenvalue weighted by molar-refractivity contribution is -0.142. The highest BCUT2D eigenvalue weighted by atomic mass is 33.1. The molecule has 0 bridgehead atoms. The number of carbonyl (C=O) groups excluding carboxylic acids is 2. The summed E-state index contributed by atoms with van der Waals surface area (Å²) in [5.41, 5.74) is -0.493. The summed E-state index contributed by atoms with van der Waals surface area (Å²) in [6, 6.07) is -0.465. The van der Waals surface area contributed by atoms with E-state index < -0.39 is 17.9 Å². The van der Waals surface area contributed by atoms with Gasteiger partial charge in [-0.1, -0.05) is 52.3 Å². The monoisotopic (exact) mass is 419 g/mol. The molecule has 0 aromatic rings. The number of amides is 1. The number of rotatable bonds is 13. The average Bonchev–Trinajstić information content (AvgIpc) is 2.50. The van der Waals surface area contributed by atoms with Crippen molar-refractivity contribution in [2.75, 3.05) is 5.75 Å². The van der Waals surface area contributed by atoms with Crippen LogP contribution < -0.4 is 5.32 Å². The van der Waals surface area contributed by atoms with Crippen molar-refractivity contribution in [2.24, 2.45) is 22.7 Å². The first-order valence-corrected chi connectivity index (χ1v) is 11.6. The number of Topliss-reactive ketones (excluding diaryl/α,β-unsaturated/α-hetero) is 1. The Hall–Kier alpha value is -0.690. The maximum Gasteiger partial charge on any atom is 0.308 e. The molecule has 3 atom stereocenters. The predicted molar refractivity (Wildman–Crippen MR) is 116 cm³/mol. The van der Waals surface area contributed by atoms with Gasteiger partial charge in [-0.15, -0.1) is 11.7 Å². The van der Waals surface area contributed by atoms with Gasteiger partial charge in [0.25, 0.3) is 0 Å². The van der Waals surface area contributed by atoms with Gasteiger partial charge in [0.1, 0.15) is 5.78 Å². The van der Waals surface area contributed by atoms with E-state index in [9.17, 15) is 19.5 Å². The van der Waals surface area contributed by atoms with Gasteiger partial charge in [-0.3, -0.25) is 14.4 Å². The molecule has 0 heterocycles. The van der Waals surface area contributed by atoms with Crippen molar-refractivity contribution >= 4 is 40.1 Å². The summed E-state index contributed by atoms with van der Waals surface area (Å²) < 4.78 is 0. The highest BCUT2D eigenvalue weighted by Gasteiger charge is 2.34. The Balaban J connectivity index is 4.89. The molecular weight excluding hydrogens is 382 g/mol. The Labute approximate surface area is 173 Å². The van der Waals surface area contributed by atoms with Crippen LogP contribution in [-0.4, -0.2) is 34.6 Å². The number of nitrogens with one attached hydrogen (secondary N) is 1. The zero-order valence-electron chi connectivity index (χ0n) is 17.8. The second-order valence-corrected chi connectivity index (χ2v) is 10.6. The van der Waals surface area contributed by atoms with E-state index in [-0.39, 0.29) is 34.9 Å². The molecule has 7 heteroatoms. The Morgan fingerprint density at radius 1 is 1.07 bits per heavy atom. The van der Waals surface area contributed by atoms with Crippen molar-refractivity contribution in [2.45, 2.75) is 80.2 Å². The number of carboxylic acids is 1. The summed E-state index contributed by atoms with van der Waals surface area (Å²) in [5.74, 6) is -1.02. The van der Waals surface area contributed by atoms with Crippen LogP contribution >= 0.6 is 22.5 Å². The fourth-order valence-electron chi connectivity index (χ4n) is 3.55. The van der Waals surface area contributed by atoms with Crippen LogP contribution in [0.4, 0.5) is 0 Å². The van der Waals surface area contributed by atoms with Crippen LogP contribution in [0.15, 0.2) is 0 Å². The lowest BCUT2D eigenvalue weighted by Gasteiger charge is -2.35. The number of hydrogen-bond acceptors (Lipinski definition) is 5. The van der Waals surface area contributed by atoms with Gasteiger partial charge in [0.15, 0.2) is 0 Å². The highest BCUT2D eigenvalue weighted by molar-refractivity contribution is 8.68. The van der Waals surface area contributed by atoms with Gasteiger partial charge in [-0.2, -0.15) is 0 Å². The molecule has 158 valence electrons. The van der Waals surface area contributed by atoms with Crippen LogP contribution in [-0.2, 0) is 14.4 Å². The van der Waals surface area contributed by atoms with Crippen molar-refractivity contribution in [1.29, 1.82) is 0 Å². The van der Waals surface area contributed by atoms with Crippen LogP contribution in [0, 0.1) is 22.7 Å². The van der Waals surface area contributed by atoms with Crippen molar-refractivity contribution in [3.05, 3.63) is 0 Å². The predicted octanol–water partition coefficient (Wildman–Crippen LogP) is 4.61. The molecular formula is C20H37NO4S2. The third-order valence-electron chi connectivity index (χ3n) is 5.00. The first-order valence-electron chi connectivity index (χ1n) is 9.56. The number of carbonyl (C=O) groups is 3. The second-order valence-electron chi connectivity index (χ2n) is 9.23. The van der Waals surface area contributed by atoms with Gasteiger partial charge in [-0.05, 0) is 30.6 Å². The highest BCUT2D eigenvalue weighted by Crippen LogP contribution is 2.39. The molecule has 0 fully saturated rings. The van der Waals surface area contributed by atoms with Crippen molar-refractivity contribution in [3.63, 3.8) is 0 Å². The molecule has 27 heavy (non-hydrogen) atoms. The largest absolute Gasteiger partial charge is 0.481 e. The van der Waals surface area contributed by atoms with E-state index in [4.69, 9.17) is 0 Å². The molecule has 0 aliphatic heterocycles. The van der Waals surface area contributed by atoms with Crippen LogP contribution in [0.25, 0.3) is 0 Å². The zero-order chi connectivity index (χ0) is 21.4. The molecule has 0 saturated heterocycles. The smallest absolute Gasteiger partial charge is 0.308 e. The van der Waals surface area contributed by atoms with E-state index in [1.807, 2.05) is 27.7 Å². The quantitative estimate of drug-likeness (QED) is 0.300. The molecule has 0 aromatic heterocycles. The Bertz CT molecular complexity index is 520. The molecule has 5 nitrogen and oxygen atoms in total. The molecule has 3 unspecified atom stereocenters. The van der Waals surface area contributed by atoms with E-state index in [0.29, 0.717) is 12.2 Å². The topological polar surface area (TPSA) is 83.5 Å². The van der Waals surface area contributed by atoms with E-state index >= 15 is 0 Å². The van der Waals surface area contributed by atoms with Gasteiger partial charge in [0.05, 0.1) is 12.0 Å². The number of carboxylic acid groups (broad SMARTS) is 1. The third-order valence-corrected chi connectivity index (χ3v) is 5.96. The van der Waals surface area contributed by atoms with E-state index in [0.717, 1.165) is 12.8 Å². The lowest BCUT2D eigenvalue weighted by atomic mass is 9.70. The van der Waals surface area contributed by atoms with Crippen LogP contribution in [0.5, 0.6) is 0 Å². The minimum absolute atomic E-state index is 0.0627. The fourth-order valence-corrected chi connectivity index (χ4v) is 4.56. The van der Waals surface area contributed by atoms with Gasteiger partial charge < -0.3 is 10.4 Å². The Kier molecular flexibility index (Phi) is 11.1. The number of ketones is 1. The molecule has 0 radical (unpaired) electrons. The fraction of sp³-hybridized carbons (Fsp3) is 0.850. The lowest BCUT2D eigenvalue weighted by Crippen LogP contribution is -2.45. The van der Waals surface area contributed by atoms with Crippen LogP contribution in [0.3, 0.4) is 0 Å². The Morgan fingerprint density at radius 2 is 1.59 bits per heavy atom. The van der Waals surface area contributed by atoms with E-state index in [1.54, 1.807) is 6.92 Å². The average molecular weight is 420 g/mol. The van der Waals surface area contributed by atoms with Crippen LogP contribution in [0.1, 0.15) is 74.1 Å². The molecule has 1 amide bonds. The van der Waals surface area contributed by atoms with Crippen LogP contribution in [0.2, 0.25) is 0 Å². The van der Waals surface area contributed by atoms with Crippen molar-refractivity contribution in [3.8, 4) is 0 Å². The minimum atomic E-state index is -0.938. The molecule has 0 aliphatic carbocycles. The first-order chi connectivity index (χ1) is 12.2. The summed E-state index contributed by atoms with van der Waals surface area (Å²) in [6.45, 7) is 13.7. The first kappa shape index (κ1) is 26.3.